The molecule has 2 aromatic carbocycles. The molecule has 104 valence electrons. The third kappa shape index (κ3) is 3.24. The Morgan fingerprint density at radius 1 is 1.15 bits per heavy atom. The molecular weight excluding hydrogens is 297 g/mol. The number of benzene rings is 2. The predicted octanol–water partition coefficient (Wildman–Crippen LogP) is 4.19. The quantitative estimate of drug-likeness (QED) is 0.893. The van der Waals surface area contributed by atoms with Gasteiger partial charge in [0.05, 0.1) is 11.1 Å². The summed E-state index contributed by atoms with van der Waals surface area (Å²) in [5.74, 6) is -0.332. The van der Waals surface area contributed by atoms with Crippen molar-refractivity contribution in [2.24, 2.45) is 0 Å². The van der Waals surface area contributed by atoms with E-state index in [0.29, 0.717) is 10.6 Å². The molecule has 3 nitrogen and oxygen atoms in total. The van der Waals surface area contributed by atoms with Crippen molar-refractivity contribution in [1.82, 2.24) is 5.32 Å². The maximum absolute atomic E-state index is 12.1. The molecule has 20 heavy (non-hydrogen) atoms. The van der Waals surface area contributed by atoms with Crippen molar-refractivity contribution in [3.05, 3.63) is 63.6 Å². The maximum atomic E-state index is 12.1. The van der Waals surface area contributed by atoms with Gasteiger partial charge in [-0.1, -0.05) is 41.4 Å². The highest BCUT2D eigenvalue weighted by atomic mass is 35.5. The number of nitrogens with one attached hydrogen (secondary N) is 1. The summed E-state index contributed by atoms with van der Waals surface area (Å²) >= 11 is 11.9. The minimum absolute atomic E-state index is 0.0534. The number of aromatic hydroxyl groups is 1. The first-order valence-corrected chi connectivity index (χ1v) is 6.78. The number of halogens is 2. The fraction of sp³-hybridized carbons (Fsp3) is 0.133. The van der Waals surface area contributed by atoms with E-state index in [-0.39, 0.29) is 22.7 Å². The molecule has 0 heterocycles. The molecule has 0 radical (unpaired) electrons. The topological polar surface area (TPSA) is 49.3 Å². The van der Waals surface area contributed by atoms with Crippen molar-refractivity contribution in [2.75, 3.05) is 0 Å². The first-order valence-electron chi connectivity index (χ1n) is 6.03. The van der Waals surface area contributed by atoms with E-state index in [1.54, 1.807) is 6.07 Å². The van der Waals surface area contributed by atoms with Gasteiger partial charge in [-0.2, -0.15) is 0 Å². The Hall–Kier alpha value is -1.71. The number of hydrogen-bond acceptors (Lipinski definition) is 2. The Balaban J connectivity index is 2.15. The normalized spacial score (nSPS) is 11.9. The minimum atomic E-state index is -0.278. The number of hydrogen-bond donors (Lipinski definition) is 2. The summed E-state index contributed by atoms with van der Waals surface area (Å²) in [6.45, 7) is 1.85. The van der Waals surface area contributed by atoms with Crippen LogP contribution >= 0.6 is 23.2 Å². The molecule has 1 atom stereocenters. The second-order valence-corrected chi connectivity index (χ2v) is 5.20. The van der Waals surface area contributed by atoms with Crippen LogP contribution in [0.1, 0.15) is 28.9 Å². The third-order valence-corrected chi connectivity index (χ3v) is 3.58. The molecule has 0 saturated carbocycles. The van der Waals surface area contributed by atoms with Crippen LogP contribution < -0.4 is 5.32 Å². The first-order chi connectivity index (χ1) is 9.49. The van der Waals surface area contributed by atoms with E-state index in [0.717, 1.165) is 5.56 Å². The van der Waals surface area contributed by atoms with Gasteiger partial charge in [0.2, 0.25) is 0 Å². The van der Waals surface area contributed by atoms with E-state index in [4.69, 9.17) is 23.2 Å². The number of amides is 1. The molecule has 5 heteroatoms. The maximum Gasteiger partial charge on any atom is 0.251 e. The molecule has 0 aliphatic heterocycles. The smallest absolute Gasteiger partial charge is 0.251 e. The second kappa shape index (κ2) is 6.16. The zero-order valence-corrected chi connectivity index (χ0v) is 12.2. The summed E-state index contributed by atoms with van der Waals surface area (Å²) in [7, 11) is 0. The van der Waals surface area contributed by atoms with E-state index in [1.807, 2.05) is 25.1 Å². The molecule has 2 N–H and O–H groups in total. The van der Waals surface area contributed by atoms with Crippen molar-refractivity contribution < 1.29 is 9.90 Å². The van der Waals surface area contributed by atoms with Gasteiger partial charge in [0.15, 0.2) is 0 Å². The van der Waals surface area contributed by atoms with Gasteiger partial charge in [0.25, 0.3) is 5.91 Å². The van der Waals surface area contributed by atoms with Gasteiger partial charge in [0.1, 0.15) is 5.75 Å². The lowest BCUT2D eigenvalue weighted by molar-refractivity contribution is 0.0940. The van der Waals surface area contributed by atoms with E-state index >= 15 is 0 Å². The van der Waals surface area contributed by atoms with Crippen LogP contribution in [0, 0.1) is 0 Å². The van der Waals surface area contributed by atoms with E-state index in [1.165, 1.54) is 18.2 Å². The van der Waals surface area contributed by atoms with Crippen LogP contribution in [0.4, 0.5) is 0 Å². The largest absolute Gasteiger partial charge is 0.506 e. The van der Waals surface area contributed by atoms with Crippen LogP contribution in [0.15, 0.2) is 42.5 Å². The number of carbonyl (C=O) groups is 1. The summed E-state index contributed by atoms with van der Waals surface area (Å²) in [4.78, 5) is 12.1. The lowest BCUT2D eigenvalue weighted by atomic mass is 10.1. The van der Waals surface area contributed by atoms with E-state index in [2.05, 4.69) is 5.32 Å². The average molecular weight is 310 g/mol. The van der Waals surface area contributed by atoms with Crippen LogP contribution in [-0.2, 0) is 0 Å². The van der Waals surface area contributed by atoms with Gasteiger partial charge >= 0.3 is 0 Å². The van der Waals surface area contributed by atoms with E-state index in [9.17, 15) is 9.90 Å². The number of phenolic OH excluding ortho intramolecular Hbond substituents is 1. The number of carbonyl (C=O) groups excluding carboxylic acids is 1. The van der Waals surface area contributed by atoms with Crippen LogP contribution in [0.5, 0.6) is 5.75 Å². The van der Waals surface area contributed by atoms with Crippen LogP contribution in [0.25, 0.3) is 0 Å². The Labute approximate surface area is 127 Å². The fourth-order valence-corrected chi connectivity index (χ4v) is 2.31. The molecule has 0 aliphatic carbocycles. The summed E-state index contributed by atoms with van der Waals surface area (Å²) in [6, 6.07) is 11.4. The molecule has 2 aromatic rings. The molecule has 0 bridgehead atoms. The summed E-state index contributed by atoms with van der Waals surface area (Å²) < 4.78 is 0. The van der Waals surface area contributed by atoms with Crippen molar-refractivity contribution >= 4 is 29.1 Å². The lowest BCUT2D eigenvalue weighted by Gasteiger charge is -2.16. The van der Waals surface area contributed by atoms with Crippen molar-refractivity contribution in [1.29, 1.82) is 0 Å². The van der Waals surface area contributed by atoms with Gasteiger partial charge in [-0.15, -0.1) is 0 Å². The molecule has 1 amide bonds. The summed E-state index contributed by atoms with van der Waals surface area (Å²) in [5.41, 5.74) is 1.22. The Morgan fingerprint density at radius 2 is 1.85 bits per heavy atom. The van der Waals surface area contributed by atoms with Crippen LogP contribution in [0.3, 0.4) is 0 Å². The molecule has 0 aliphatic rings. The molecule has 1 unspecified atom stereocenters. The average Bonchev–Trinajstić information content (AvgIpc) is 2.42. The van der Waals surface area contributed by atoms with Gasteiger partial charge in [0, 0.05) is 10.6 Å². The lowest BCUT2D eigenvalue weighted by Crippen LogP contribution is -2.26. The number of phenols is 1. The van der Waals surface area contributed by atoms with Crippen LogP contribution in [0.2, 0.25) is 10.0 Å². The van der Waals surface area contributed by atoms with Crippen LogP contribution in [-0.4, -0.2) is 11.0 Å². The van der Waals surface area contributed by atoms with Crippen molar-refractivity contribution in [2.45, 2.75) is 13.0 Å². The minimum Gasteiger partial charge on any atom is -0.506 e. The van der Waals surface area contributed by atoms with E-state index < -0.39 is 0 Å². The first kappa shape index (κ1) is 14.7. The molecule has 2 rings (SSSR count). The highest BCUT2D eigenvalue weighted by Gasteiger charge is 2.14. The zero-order chi connectivity index (χ0) is 14.7. The van der Waals surface area contributed by atoms with Gasteiger partial charge in [-0.25, -0.2) is 0 Å². The highest BCUT2D eigenvalue weighted by molar-refractivity contribution is 6.32. The Bertz CT molecular complexity index is 644. The van der Waals surface area contributed by atoms with Gasteiger partial charge < -0.3 is 10.4 Å². The van der Waals surface area contributed by atoms with Crippen molar-refractivity contribution in [3.8, 4) is 5.75 Å². The number of rotatable bonds is 3. The zero-order valence-electron chi connectivity index (χ0n) is 10.7. The second-order valence-electron chi connectivity index (χ2n) is 4.38. The summed E-state index contributed by atoms with van der Waals surface area (Å²) in [6.07, 6.45) is 0. The highest BCUT2D eigenvalue weighted by Crippen LogP contribution is 2.25. The fourth-order valence-electron chi connectivity index (χ4n) is 1.83. The molecule has 0 aromatic heterocycles. The van der Waals surface area contributed by atoms with Gasteiger partial charge in [-0.05, 0) is 36.8 Å². The molecule has 0 fully saturated rings. The summed E-state index contributed by atoms with van der Waals surface area (Å²) in [5, 5.41) is 12.9. The third-order valence-electron chi connectivity index (χ3n) is 2.93. The standard InChI is InChI=1S/C15H13Cl2NO2/c1-9(11-4-2-3-5-12(11)16)18-15(20)10-6-7-14(19)13(17)8-10/h2-9,19H,1H3,(H,18,20). The Morgan fingerprint density at radius 3 is 2.50 bits per heavy atom. The molecular formula is C15H13Cl2NO2. The Kier molecular flexibility index (Phi) is 4.53. The van der Waals surface area contributed by atoms with Crippen molar-refractivity contribution in [3.63, 3.8) is 0 Å². The monoisotopic (exact) mass is 309 g/mol. The predicted molar refractivity (Wildman–Crippen MR) is 80.5 cm³/mol. The molecule has 0 saturated heterocycles. The molecule has 0 spiro atoms. The SMILES string of the molecule is CC(NC(=O)c1ccc(O)c(Cl)c1)c1ccccc1Cl. The van der Waals surface area contributed by atoms with Gasteiger partial charge in [-0.3, -0.25) is 4.79 Å².